The van der Waals surface area contributed by atoms with Gasteiger partial charge in [-0.05, 0) is 43.5 Å². The number of aromatic nitrogens is 1. The highest BCUT2D eigenvalue weighted by Crippen LogP contribution is 2.34. The topological polar surface area (TPSA) is 70.6 Å². The van der Waals surface area contributed by atoms with Crippen molar-refractivity contribution in [1.29, 1.82) is 0 Å². The molecule has 0 saturated carbocycles. The minimum Gasteiger partial charge on any atom is -0.307 e. The smallest absolute Gasteiger partial charge is 0.270 e. The fraction of sp³-hybridized carbons (Fsp3) is 0.545. The second-order valence-corrected chi connectivity index (χ2v) is 11.6. The lowest BCUT2D eigenvalue weighted by molar-refractivity contribution is 0.0988. The number of anilines is 1. The number of fused-ring (bicyclic) bond motifs is 1. The Morgan fingerprint density at radius 3 is 2.47 bits per heavy atom. The lowest BCUT2D eigenvalue weighted by Crippen LogP contribution is -2.36. The van der Waals surface area contributed by atoms with Gasteiger partial charge in [0.15, 0.2) is 0 Å². The third kappa shape index (κ3) is 4.18. The Hall–Kier alpha value is -1.77. The molecule has 1 aromatic carbocycles. The number of carbonyl (C=O) groups is 1. The van der Waals surface area contributed by atoms with Crippen LogP contribution >= 0.6 is 11.3 Å². The van der Waals surface area contributed by atoms with Crippen LogP contribution in [0.25, 0.3) is 0 Å². The van der Waals surface area contributed by atoms with Gasteiger partial charge in [0, 0.05) is 30.7 Å². The average Bonchev–Trinajstić information content (AvgIpc) is 3.09. The zero-order valence-electron chi connectivity index (χ0n) is 18.7. The summed E-state index contributed by atoms with van der Waals surface area (Å²) in [6, 6.07) is 5.14. The zero-order valence-corrected chi connectivity index (χ0v) is 20.3. The molecule has 2 heterocycles. The minimum atomic E-state index is -3.52. The lowest BCUT2D eigenvalue weighted by atomic mass is 9.98. The summed E-state index contributed by atoms with van der Waals surface area (Å²) in [4.78, 5) is 20.7. The number of thiazole rings is 1. The van der Waals surface area contributed by atoms with Crippen LogP contribution in [0, 0.1) is 6.92 Å². The Labute approximate surface area is 184 Å². The van der Waals surface area contributed by atoms with Crippen LogP contribution in [0.3, 0.4) is 0 Å². The molecule has 0 aliphatic carbocycles. The fourth-order valence-corrected chi connectivity index (χ4v) is 6.28. The van der Waals surface area contributed by atoms with Gasteiger partial charge in [-0.3, -0.25) is 4.79 Å². The first kappa shape index (κ1) is 22.9. The van der Waals surface area contributed by atoms with Gasteiger partial charge in [-0.1, -0.05) is 34.6 Å². The first-order valence-electron chi connectivity index (χ1n) is 10.4. The van der Waals surface area contributed by atoms with E-state index in [0.29, 0.717) is 29.4 Å². The summed E-state index contributed by atoms with van der Waals surface area (Å²) in [5, 5.41) is 0.946. The van der Waals surface area contributed by atoms with Gasteiger partial charge < -0.3 is 4.90 Å². The number of nitrogens with zero attached hydrogens (tertiary/aromatic N) is 3. The SMILES string of the molecule is CCN(CC)S(=O)(=O)c1ccc2c(c1)CCCN2C(=O)c1sc(C(C)(C)C)nc1C. The van der Waals surface area contributed by atoms with E-state index in [9.17, 15) is 13.2 Å². The number of carbonyl (C=O) groups excluding carboxylic acids is 1. The van der Waals surface area contributed by atoms with E-state index in [0.717, 1.165) is 34.8 Å². The first-order chi connectivity index (χ1) is 14.0. The quantitative estimate of drug-likeness (QED) is 0.679. The number of benzene rings is 1. The van der Waals surface area contributed by atoms with Crippen molar-refractivity contribution in [2.45, 2.75) is 64.7 Å². The van der Waals surface area contributed by atoms with Gasteiger partial charge in [-0.25, -0.2) is 13.4 Å². The van der Waals surface area contributed by atoms with Crippen LogP contribution in [0.5, 0.6) is 0 Å². The van der Waals surface area contributed by atoms with E-state index in [1.165, 1.54) is 15.6 Å². The van der Waals surface area contributed by atoms with Crippen molar-refractivity contribution in [3.63, 3.8) is 0 Å². The van der Waals surface area contributed by atoms with E-state index in [-0.39, 0.29) is 11.3 Å². The van der Waals surface area contributed by atoms with E-state index < -0.39 is 10.0 Å². The Bertz CT molecular complexity index is 1050. The Balaban J connectivity index is 1.97. The third-order valence-electron chi connectivity index (χ3n) is 5.39. The summed E-state index contributed by atoms with van der Waals surface area (Å²) < 4.78 is 27.2. The predicted molar refractivity (Wildman–Crippen MR) is 122 cm³/mol. The number of rotatable bonds is 5. The molecule has 6 nitrogen and oxygen atoms in total. The van der Waals surface area contributed by atoms with Gasteiger partial charge in [-0.15, -0.1) is 11.3 Å². The lowest BCUT2D eigenvalue weighted by Gasteiger charge is -2.30. The molecule has 1 aliphatic rings. The van der Waals surface area contributed by atoms with Crippen molar-refractivity contribution in [2.24, 2.45) is 0 Å². The molecule has 8 heteroatoms. The van der Waals surface area contributed by atoms with Crippen LogP contribution in [0.2, 0.25) is 0 Å². The maximum atomic E-state index is 13.4. The molecule has 3 rings (SSSR count). The Morgan fingerprint density at radius 2 is 1.90 bits per heavy atom. The molecule has 0 unspecified atom stereocenters. The Kier molecular flexibility index (Phi) is 6.41. The van der Waals surface area contributed by atoms with Gasteiger partial charge in [0.05, 0.1) is 15.6 Å². The standard InChI is InChI=1S/C22H31N3O3S2/c1-7-24(8-2)30(27,28)17-11-12-18-16(14-17)10-9-13-25(18)20(26)19-15(3)23-21(29-19)22(4,5)6/h11-12,14H,7-10,13H2,1-6H3. The summed E-state index contributed by atoms with van der Waals surface area (Å²) in [6.07, 6.45) is 1.56. The number of hydrogen-bond donors (Lipinski definition) is 0. The van der Waals surface area contributed by atoms with Gasteiger partial charge >= 0.3 is 0 Å². The molecule has 30 heavy (non-hydrogen) atoms. The monoisotopic (exact) mass is 449 g/mol. The first-order valence-corrected chi connectivity index (χ1v) is 12.7. The van der Waals surface area contributed by atoms with E-state index in [1.54, 1.807) is 23.1 Å². The molecule has 1 aliphatic heterocycles. The summed E-state index contributed by atoms with van der Waals surface area (Å²) in [5.74, 6) is -0.0548. The van der Waals surface area contributed by atoms with Crippen molar-refractivity contribution in [2.75, 3.05) is 24.5 Å². The van der Waals surface area contributed by atoms with Crippen LogP contribution < -0.4 is 4.90 Å². The number of aryl methyl sites for hydroxylation is 2. The molecule has 1 aromatic heterocycles. The molecular weight excluding hydrogens is 418 g/mol. The van der Waals surface area contributed by atoms with Crippen LogP contribution in [-0.4, -0.2) is 43.2 Å². The Morgan fingerprint density at radius 1 is 1.23 bits per heavy atom. The van der Waals surface area contributed by atoms with Crippen LogP contribution in [-0.2, 0) is 21.9 Å². The van der Waals surface area contributed by atoms with Crippen molar-refractivity contribution in [3.05, 3.63) is 39.3 Å². The van der Waals surface area contributed by atoms with Crippen molar-refractivity contribution >= 4 is 33.0 Å². The van der Waals surface area contributed by atoms with E-state index >= 15 is 0 Å². The van der Waals surface area contributed by atoms with Crippen LogP contribution in [0.1, 0.15) is 67.0 Å². The molecular formula is C22H31N3O3S2. The normalized spacial score (nSPS) is 14.8. The van der Waals surface area contributed by atoms with Gasteiger partial charge in [0.25, 0.3) is 5.91 Å². The summed E-state index contributed by atoms with van der Waals surface area (Å²) in [6.45, 7) is 13.3. The fourth-order valence-electron chi connectivity index (χ4n) is 3.70. The van der Waals surface area contributed by atoms with Crippen LogP contribution in [0.15, 0.2) is 23.1 Å². The minimum absolute atomic E-state index is 0.0548. The zero-order chi connectivity index (χ0) is 22.3. The maximum absolute atomic E-state index is 13.4. The van der Waals surface area contributed by atoms with E-state index in [4.69, 9.17) is 0 Å². The van der Waals surface area contributed by atoms with E-state index in [2.05, 4.69) is 25.8 Å². The number of amides is 1. The van der Waals surface area contributed by atoms with E-state index in [1.807, 2.05) is 20.8 Å². The van der Waals surface area contributed by atoms with Gasteiger partial charge in [-0.2, -0.15) is 4.31 Å². The molecule has 0 atom stereocenters. The highest BCUT2D eigenvalue weighted by atomic mass is 32.2. The van der Waals surface area contributed by atoms with Crippen molar-refractivity contribution < 1.29 is 13.2 Å². The summed E-state index contributed by atoms with van der Waals surface area (Å²) >= 11 is 1.46. The van der Waals surface area contributed by atoms with Crippen LogP contribution in [0.4, 0.5) is 5.69 Å². The molecule has 0 saturated heterocycles. The molecule has 0 N–H and O–H groups in total. The highest BCUT2D eigenvalue weighted by molar-refractivity contribution is 7.89. The number of hydrogen-bond acceptors (Lipinski definition) is 5. The molecule has 0 radical (unpaired) electrons. The second kappa shape index (κ2) is 8.40. The summed E-state index contributed by atoms with van der Waals surface area (Å²) in [5.41, 5.74) is 2.35. The predicted octanol–water partition coefficient (Wildman–Crippen LogP) is 4.37. The molecule has 164 valence electrons. The highest BCUT2D eigenvalue weighted by Gasteiger charge is 2.30. The van der Waals surface area contributed by atoms with Gasteiger partial charge in [0.1, 0.15) is 4.88 Å². The molecule has 0 bridgehead atoms. The largest absolute Gasteiger partial charge is 0.307 e. The second-order valence-electron chi connectivity index (χ2n) is 8.62. The maximum Gasteiger partial charge on any atom is 0.270 e. The molecule has 1 amide bonds. The molecule has 2 aromatic rings. The van der Waals surface area contributed by atoms with Gasteiger partial charge in [0.2, 0.25) is 10.0 Å². The van der Waals surface area contributed by atoms with Crippen molar-refractivity contribution in [1.82, 2.24) is 9.29 Å². The summed E-state index contributed by atoms with van der Waals surface area (Å²) in [7, 11) is -3.52. The molecule has 0 fully saturated rings. The molecule has 0 spiro atoms. The van der Waals surface area contributed by atoms with Crippen molar-refractivity contribution in [3.8, 4) is 0 Å². The third-order valence-corrected chi connectivity index (χ3v) is 9.01. The average molecular weight is 450 g/mol. The number of sulfonamides is 1.